The molecule has 0 fully saturated rings. The van der Waals surface area contributed by atoms with Crippen LogP contribution in [0.2, 0.25) is 0 Å². The SMILES string of the molecule is Cc1ccccc1OCC[S@](=O)Cc1coc(-c2ccc(F)cc2)n1. The minimum Gasteiger partial charge on any atom is -0.492 e. The van der Waals surface area contributed by atoms with E-state index in [1.165, 1.54) is 18.4 Å². The molecule has 6 heteroatoms. The molecule has 0 aliphatic heterocycles. The van der Waals surface area contributed by atoms with Crippen LogP contribution in [0.15, 0.2) is 59.2 Å². The Morgan fingerprint density at radius 3 is 2.68 bits per heavy atom. The molecule has 130 valence electrons. The number of oxazole rings is 1. The summed E-state index contributed by atoms with van der Waals surface area (Å²) in [7, 11) is -1.11. The summed E-state index contributed by atoms with van der Waals surface area (Å²) in [5, 5.41) is 0. The zero-order chi connectivity index (χ0) is 17.6. The molecule has 0 unspecified atom stereocenters. The van der Waals surface area contributed by atoms with Crippen molar-refractivity contribution in [2.24, 2.45) is 0 Å². The minimum absolute atomic E-state index is 0.293. The maximum absolute atomic E-state index is 12.9. The maximum atomic E-state index is 12.9. The quantitative estimate of drug-likeness (QED) is 0.637. The molecule has 0 saturated heterocycles. The highest BCUT2D eigenvalue weighted by atomic mass is 32.2. The van der Waals surface area contributed by atoms with Gasteiger partial charge >= 0.3 is 0 Å². The Labute approximate surface area is 148 Å². The number of benzene rings is 2. The van der Waals surface area contributed by atoms with E-state index in [0.717, 1.165) is 11.3 Å². The third-order valence-electron chi connectivity index (χ3n) is 3.61. The third-order valence-corrected chi connectivity index (χ3v) is 4.85. The van der Waals surface area contributed by atoms with Gasteiger partial charge in [0, 0.05) is 16.4 Å². The topological polar surface area (TPSA) is 52.3 Å². The predicted octanol–water partition coefficient (Wildman–Crippen LogP) is 4.12. The Balaban J connectivity index is 1.51. The van der Waals surface area contributed by atoms with Crippen LogP contribution in [0, 0.1) is 12.7 Å². The summed E-state index contributed by atoms with van der Waals surface area (Å²) in [6, 6.07) is 13.6. The summed E-state index contributed by atoms with van der Waals surface area (Å²) < 4.78 is 36.2. The van der Waals surface area contributed by atoms with E-state index in [4.69, 9.17) is 9.15 Å². The number of rotatable bonds is 7. The van der Waals surface area contributed by atoms with Gasteiger partial charge < -0.3 is 9.15 Å². The first-order chi connectivity index (χ1) is 12.1. The van der Waals surface area contributed by atoms with Crippen LogP contribution >= 0.6 is 0 Å². The largest absolute Gasteiger partial charge is 0.492 e. The zero-order valence-corrected chi connectivity index (χ0v) is 14.6. The molecule has 0 aliphatic rings. The first-order valence-electron chi connectivity index (χ1n) is 7.85. The summed E-state index contributed by atoms with van der Waals surface area (Å²) in [6.07, 6.45) is 1.48. The smallest absolute Gasteiger partial charge is 0.226 e. The maximum Gasteiger partial charge on any atom is 0.226 e. The molecule has 1 heterocycles. The fourth-order valence-electron chi connectivity index (χ4n) is 2.30. The first-order valence-corrected chi connectivity index (χ1v) is 9.34. The highest BCUT2D eigenvalue weighted by Gasteiger charge is 2.10. The molecule has 25 heavy (non-hydrogen) atoms. The van der Waals surface area contributed by atoms with Crippen LogP contribution in [-0.2, 0) is 16.6 Å². The number of hydrogen-bond acceptors (Lipinski definition) is 4. The molecule has 0 saturated carbocycles. The van der Waals surface area contributed by atoms with E-state index in [9.17, 15) is 8.60 Å². The molecular weight excluding hydrogens is 341 g/mol. The second-order valence-corrected chi connectivity index (χ2v) is 7.13. The summed E-state index contributed by atoms with van der Waals surface area (Å²) in [4.78, 5) is 4.31. The van der Waals surface area contributed by atoms with Gasteiger partial charge in [0.1, 0.15) is 17.8 Å². The van der Waals surface area contributed by atoms with Crippen LogP contribution < -0.4 is 4.74 Å². The summed E-state index contributed by atoms with van der Waals surface area (Å²) in [6.45, 7) is 2.35. The first kappa shape index (κ1) is 17.4. The van der Waals surface area contributed by atoms with Crippen LogP contribution in [0.3, 0.4) is 0 Å². The van der Waals surface area contributed by atoms with Gasteiger partial charge in [0.2, 0.25) is 5.89 Å². The van der Waals surface area contributed by atoms with Gasteiger partial charge in [-0.25, -0.2) is 9.37 Å². The summed E-state index contributed by atoms with van der Waals surface area (Å²) in [5.74, 6) is 1.59. The van der Waals surface area contributed by atoms with Crippen molar-refractivity contribution >= 4 is 10.8 Å². The Morgan fingerprint density at radius 2 is 1.92 bits per heavy atom. The van der Waals surface area contributed by atoms with Crippen molar-refractivity contribution in [2.75, 3.05) is 12.4 Å². The van der Waals surface area contributed by atoms with E-state index < -0.39 is 10.8 Å². The van der Waals surface area contributed by atoms with Crippen LogP contribution in [0.5, 0.6) is 5.75 Å². The fourth-order valence-corrected chi connectivity index (χ4v) is 3.17. The van der Waals surface area contributed by atoms with Gasteiger partial charge in [0.15, 0.2) is 0 Å². The highest BCUT2D eigenvalue weighted by molar-refractivity contribution is 7.84. The number of hydrogen-bond donors (Lipinski definition) is 0. The molecule has 0 spiro atoms. The van der Waals surface area contributed by atoms with Gasteiger partial charge in [-0.2, -0.15) is 0 Å². The van der Waals surface area contributed by atoms with Crippen molar-refractivity contribution in [3.8, 4) is 17.2 Å². The number of halogens is 1. The Kier molecular flexibility index (Phi) is 5.60. The Bertz CT molecular complexity index is 861. The number of para-hydroxylation sites is 1. The van der Waals surface area contributed by atoms with Crippen molar-refractivity contribution in [1.29, 1.82) is 0 Å². The van der Waals surface area contributed by atoms with E-state index in [-0.39, 0.29) is 5.82 Å². The van der Waals surface area contributed by atoms with E-state index >= 15 is 0 Å². The van der Waals surface area contributed by atoms with E-state index in [1.807, 2.05) is 31.2 Å². The van der Waals surface area contributed by atoms with Crippen LogP contribution in [0.1, 0.15) is 11.3 Å². The van der Waals surface area contributed by atoms with Gasteiger partial charge in [0.25, 0.3) is 0 Å². The lowest BCUT2D eigenvalue weighted by atomic mass is 10.2. The average molecular weight is 359 g/mol. The Hall–Kier alpha value is -2.47. The third kappa shape index (κ3) is 4.76. The molecule has 3 aromatic rings. The number of nitrogens with zero attached hydrogens (tertiary/aromatic N) is 1. The van der Waals surface area contributed by atoms with E-state index in [0.29, 0.717) is 35.3 Å². The van der Waals surface area contributed by atoms with Crippen LogP contribution in [0.25, 0.3) is 11.5 Å². The molecule has 0 N–H and O–H groups in total. The lowest BCUT2D eigenvalue weighted by Crippen LogP contribution is -2.10. The second kappa shape index (κ2) is 8.07. The molecule has 0 bridgehead atoms. The van der Waals surface area contributed by atoms with Crippen molar-refractivity contribution < 1.29 is 17.8 Å². The van der Waals surface area contributed by atoms with Crippen LogP contribution in [-0.4, -0.2) is 21.6 Å². The van der Waals surface area contributed by atoms with Crippen molar-refractivity contribution in [1.82, 2.24) is 4.98 Å². The standard InChI is InChI=1S/C19H18FNO3S/c1-14-4-2-3-5-18(14)23-10-11-25(22)13-17-12-24-19(21-17)15-6-8-16(20)9-7-15/h2-9,12H,10-11,13H2,1H3/t25-/m0/s1. The lowest BCUT2D eigenvalue weighted by Gasteiger charge is -2.08. The average Bonchev–Trinajstić information content (AvgIpc) is 3.05. The molecule has 1 aromatic heterocycles. The molecule has 3 rings (SSSR count). The van der Waals surface area contributed by atoms with Crippen molar-refractivity contribution in [3.05, 3.63) is 71.9 Å². The molecule has 1 atom stereocenters. The van der Waals surface area contributed by atoms with E-state index in [1.54, 1.807) is 12.1 Å². The van der Waals surface area contributed by atoms with Crippen LogP contribution in [0.4, 0.5) is 4.39 Å². The van der Waals surface area contributed by atoms with Crippen molar-refractivity contribution in [2.45, 2.75) is 12.7 Å². The van der Waals surface area contributed by atoms with Gasteiger partial charge in [-0.05, 0) is 42.8 Å². The van der Waals surface area contributed by atoms with Crippen molar-refractivity contribution in [3.63, 3.8) is 0 Å². The van der Waals surface area contributed by atoms with Gasteiger partial charge in [0.05, 0.1) is 23.8 Å². The van der Waals surface area contributed by atoms with E-state index in [2.05, 4.69) is 4.98 Å². The Morgan fingerprint density at radius 1 is 1.16 bits per heavy atom. The summed E-state index contributed by atoms with van der Waals surface area (Å²) in [5.41, 5.74) is 2.34. The number of aryl methyl sites for hydroxylation is 1. The van der Waals surface area contributed by atoms with Gasteiger partial charge in [-0.1, -0.05) is 18.2 Å². The minimum atomic E-state index is -1.11. The zero-order valence-electron chi connectivity index (χ0n) is 13.8. The van der Waals surface area contributed by atoms with Gasteiger partial charge in [-0.3, -0.25) is 4.21 Å². The molecule has 0 radical (unpaired) electrons. The predicted molar refractivity (Wildman–Crippen MR) is 95.3 cm³/mol. The van der Waals surface area contributed by atoms with Gasteiger partial charge in [-0.15, -0.1) is 0 Å². The second-order valence-electron chi connectivity index (χ2n) is 5.55. The monoisotopic (exact) mass is 359 g/mol. The fraction of sp³-hybridized carbons (Fsp3) is 0.211. The molecule has 0 amide bonds. The molecule has 0 aliphatic carbocycles. The molecule has 4 nitrogen and oxygen atoms in total. The molecular formula is C19H18FNO3S. The normalized spacial score (nSPS) is 12.1. The lowest BCUT2D eigenvalue weighted by molar-refractivity contribution is 0.340. The molecule has 2 aromatic carbocycles. The highest BCUT2D eigenvalue weighted by Crippen LogP contribution is 2.20. The summed E-state index contributed by atoms with van der Waals surface area (Å²) >= 11 is 0. The number of ether oxygens (including phenoxy) is 1. The number of aromatic nitrogens is 1.